The highest BCUT2D eigenvalue weighted by Crippen LogP contribution is 2.24. The molecule has 3 amide bonds. The lowest BCUT2D eigenvalue weighted by Crippen LogP contribution is -2.63. The van der Waals surface area contributed by atoms with Gasteiger partial charge in [0.1, 0.15) is 0 Å². The first-order valence-corrected chi connectivity index (χ1v) is 6.77. The molecular weight excluding hydrogens is 244 g/mol. The van der Waals surface area contributed by atoms with Crippen molar-refractivity contribution in [3.8, 4) is 0 Å². The van der Waals surface area contributed by atoms with Gasteiger partial charge < -0.3 is 9.80 Å². The molecule has 2 unspecified atom stereocenters. The van der Waals surface area contributed by atoms with Crippen molar-refractivity contribution in [3.63, 3.8) is 0 Å². The van der Waals surface area contributed by atoms with E-state index < -0.39 is 0 Å². The molecular formula is C13H22N4O2. The molecule has 1 fully saturated rings. The summed E-state index contributed by atoms with van der Waals surface area (Å²) < 4.78 is 0. The van der Waals surface area contributed by atoms with Gasteiger partial charge in [0.05, 0.1) is 6.34 Å². The zero-order chi connectivity index (χ0) is 14.2. The number of imide groups is 1. The molecule has 2 rings (SSSR count). The van der Waals surface area contributed by atoms with Gasteiger partial charge in [-0.05, 0) is 18.8 Å². The van der Waals surface area contributed by atoms with Crippen LogP contribution in [0.15, 0.2) is 4.99 Å². The van der Waals surface area contributed by atoms with Crippen LogP contribution < -0.4 is 0 Å². The Balaban J connectivity index is 2.04. The summed E-state index contributed by atoms with van der Waals surface area (Å²) in [6.07, 6.45) is 3.51. The van der Waals surface area contributed by atoms with Gasteiger partial charge in [-0.1, -0.05) is 13.8 Å². The Labute approximate surface area is 114 Å². The van der Waals surface area contributed by atoms with E-state index in [4.69, 9.17) is 0 Å². The second-order valence-electron chi connectivity index (χ2n) is 5.69. The van der Waals surface area contributed by atoms with Crippen LogP contribution in [0.5, 0.6) is 0 Å². The molecule has 0 N–H and O–H groups in total. The zero-order valence-electron chi connectivity index (χ0n) is 12.0. The van der Waals surface area contributed by atoms with E-state index in [1.807, 2.05) is 4.90 Å². The lowest BCUT2D eigenvalue weighted by Gasteiger charge is -2.39. The summed E-state index contributed by atoms with van der Waals surface area (Å²) in [7, 11) is 3.22. The summed E-state index contributed by atoms with van der Waals surface area (Å²) in [6.45, 7) is 5.18. The number of carbonyl (C=O) groups is 2. The van der Waals surface area contributed by atoms with Crippen molar-refractivity contribution in [3.05, 3.63) is 0 Å². The molecule has 0 bridgehead atoms. The summed E-state index contributed by atoms with van der Waals surface area (Å²) in [4.78, 5) is 33.1. The molecule has 2 aliphatic rings. The third-order valence-electron chi connectivity index (χ3n) is 3.77. The van der Waals surface area contributed by atoms with Gasteiger partial charge in [0.25, 0.3) is 5.91 Å². The van der Waals surface area contributed by atoms with Crippen molar-refractivity contribution in [1.82, 2.24) is 14.7 Å². The van der Waals surface area contributed by atoms with Crippen molar-refractivity contribution >= 4 is 18.3 Å². The minimum Gasteiger partial charge on any atom is -0.347 e. The van der Waals surface area contributed by atoms with Crippen LogP contribution in [0.2, 0.25) is 0 Å². The molecule has 0 aromatic carbocycles. The molecule has 2 heterocycles. The van der Waals surface area contributed by atoms with Crippen LogP contribution in [-0.2, 0) is 4.79 Å². The van der Waals surface area contributed by atoms with Gasteiger partial charge in [0.15, 0.2) is 12.2 Å². The van der Waals surface area contributed by atoms with Crippen molar-refractivity contribution < 1.29 is 9.59 Å². The number of rotatable bonds is 4. The largest absolute Gasteiger partial charge is 0.347 e. The maximum absolute atomic E-state index is 12.2. The van der Waals surface area contributed by atoms with E-state index in [0.29, 0.717) is 5.92 Å². The fourth-order valence-corrected chi connectivity index (χ4v) is 2.58. The molecule has 106 valence electrons. The highest BCUT2D eigenvalue weighted by atomic mass is 16.2. The van der Waals surface area contributed by atoms with E-state index in [-0.39, 0.29) is 24.1 Å². The lowest BCUT2D eigenvalue weighted by molar-refractivity contribution is -0.136. The minimum atomic E-state index is -0.366. The number of likely N-dealkylation sites (N-methyl/N-ethyl adjacent to an activating group) is 2. The summed E-state index contributed by atoms with van der Waals surface area (Å²) in [5, 5.41) is 0. The van der Waals surface area contributed by atoms with Crippen LogP contribution in [0, 0.1) is 5.92 Å². The summed E-state index contributed by atoms with van der Waals surface area (Å²) >= 11 is 0. The minimum absolute atomic E-state index is 0.157. The first-order chi connectivity index (χ1) is 8.93. The number of carbonyl (C=O) groups excluding carboxylic acids is 2. The topological polar surface area (TPSA) is 56.2 Å². The number of hydrogen-bond donors (Lipinski definition) is 0. The SMILES string of the molecule is CC(C)CCCN1C=NC2C1C(=O)N(C)C(=O)N2C. The Morgan fingerprint density at radius 1 is 1.32 bits per heavy atom. The Hall–Kier alpha value is -1.59. The third-order valence-corrected chi connectivity index (χ3v) is 3.77. The van der Waals surface area contributed by atoms with E-state index in [1.54, 1.807) is 13.4 Å². The number of urea groups is 1. The number of fused-ring (bicyclic) bond motifs is 1. The van der Waals surface area contributed by atoms with Crippen molar-refractivity contribution in [2.24, 2.45) is 10.9 Å². The van der Waals surface area contributed by atoms with Gasteiger partial charge in [-0.2, -0.15) is 0 Å². The molecule has 0 saturated carbocycles. The number of hydrogen-bond acceptors (Lipinski definition) is 4. The smallest absolute Gasteiger partial charge is 0.328 e. The number of amides is 3. The Bertz CT molecular complexity index is 407. The van der Waals surface area contributed by atoms with E-state index in [0.717, 1.165) is 19.4 Å². The fourth-order valence-electron chi connectivity index (χ4n) is 2.58. The van der Waals surface area contributed by atoms with Gasteiger partial charge in [0.2, 0.25) is 0 Å². The molecule has 19 heavy (non-hydrogen) atoms. The van der Waals surface area contributed by atoms with Crippen molar-refractivity contribution in [1.29, 1.82) is 0 Å². The molecule has 0 radical (unpaired) electrons. The normalized spacial score (nSPS) is 26.7. The van der Waals surface area contributed by atoms with Gasteiger partial charge in [0, 0.05) is 20.6 Å². The van der Waals surface area contributed by atoms with Crippen molar-refractivity contribution in [2.45, 2.75) is 38.9 Å². The Morgan fingerprint density at radius 3 is 2.63 bits per heavy atom. The predicted molar refractivity (Wildman–Crippen MR) is 72.8 cm³/mol. The van der Waals surface area contributed by atoms with Gasteiger partial charge >= 0.3 is 6.03 Å². The van der Waals surface area contributed by atoms with Crippen LogP contribution in [0.25, 0.3) is 0 Å². The highest BCUT2D eigenvalue weighted by Gasteiger charge is 2.48. The first-order valence-electron chi connectivity index (χ1n) is 6.77. The molecule has 1 saturated heterocycles. The second kappa shape index (κ2) is 5.19. The fraction of sp³-hybridized carbons (Fsp3) is 0.769. The maximum Gasteiger partial charge on any atom is 0.328 e. The van der Waals surface area contributed by atoms with Crippen LogP contribution in [0.3, 0.4) is 0 Å². The third kappa shape index (κ3) is 2.43. The molecule has 6 heteroatoms. The van der Waals surface area contributed by atoms with Crippen LogP contribution in [0.1, 0.15) is 26.7 Å². The second-order valence-corrected chi connectivity index (χ2v) is 5.69. The molecule has 0 aliphatic carbocycles. The van der Waals surface area contributed by atoms with Crippen molar-refractivity contribution in [2.75, 3.05) is 20.6 Å². The van der Waals surface area contributed by atoms with Gasteiger partial charge in [-0.3, -0.25) is 9.69 Å². The average molecular weight is 266 g/mol. The summed E-state index contributed by atoms with van der Waals surface area (Å²) in [5.74, 6) is 0.500. The summed E-state index contributed by atoms with van der Waals surface area (Å²) in [6, 6.07) is -0.632. The highest BCUT2D eigenvalue weighted by molar-refractivity contribution is 6.01. The van der Waals surface area contributed by atoms with Gasteiger partial charge in [-0.15, -0.1) is 0 Å². The molecule has 0 spiro atoms. The quantitative estimate of drug-likeness (QED) is 0.762. The lowest BCUT2D eigenvalue weighted by atomic mass is 10.1. The predicted octanol–water partition coefficient (Wildman–Crippen LogP) is 0.985. The Kier molecular flexibility index (Phi) is 3.78. The van der Waals surface area contributed by atoms with Gasteiger partial charge in [-0.25, -0.2) is 9.79 Å². The van der Waals surface area contributed by atoms with E-state index >= 15 is 0 Å². The molecule has 0 aromatic rings. The summed E-state index contributed by atoms with van der Waals surface area (Å²) in [5.41, 5.74) is 0. The molecule has 6 nitrogen and oxygen atoms in total. The maximum atomic E-state index is 12.2. The molecule has 2 aliphatic heterocycles. The van der Waals surface area contributed by atoms with E-state index in [1.165, 1.54) is 16.8 Å². The van der Waals surface area contributed by atoms with Crippen LogP contribution in [0.4, 0.5) is 4.79 Å². The zero-order valence-corrected chi connectivity index (χ0v) is 12.0. The van der Waals surface area contributed by atoms with E-state index in [2.05, 4.69) is 18.8 Å². The average Bonchev–Trinajstić information content (AvgIpc) is 2.77. The van der Waals surface area contributed by atoms with E-state index in [9.17, 15) is 9.59 Å². The Morgan fingerprint density at radius 2 is 2.00 bits per heavy atom. The number of nitrogens with zero attached hydrogens (tertiary/aromatic N) is 4. The molecule has 0 aromatic heterocycles. The first kappa shape index (κ1) is 13.8. The number of aliphatic imine (C=N–C) groups is 1. The standard InChI is InChI=1S/C13H22N4O2/c1-9(2)6-5-7-17-8-14-11-10(17)12(18)16(4)13(19)15(11)3/h8-11H,5-7H2,1-4H3. The van der Waals surface area contributed by atoms with Crippen LogP contribution >= 0.6 is 0 Å². The molecule has 2 atom stereocenters. The monoisotopic (exact) mass is 266 g/mol. The van der Waals surface area contributed by atoms with Crippen LogP contribution in [-0.4, -0.2) is 65.8 Å².